The van der Waals surface area contributed by atoms with Gasteiger partial charge in [-0.3, -0.25) is 9.59 Å². The Morgan fingerprint density at radius 1 is 1.03 bits per heavy atom. The van der Waals surface area contributed by atoms with Gasteiger partial charge in [0.05, 0.1) is 31.6 Å². The number of ether oxygens (including phenoxy) is 4. The topological polar surface area (TPSA) is 91.3 Å². The van der Waals surface area contributed by atoms with Crippen molar-refractivity contribution in [1.82, 2.24) is 0 Å². The predicted octanol–water partition coefficient (Wildman–Crippen LogP) is 4.28. The average molecular weight is 428 g/mol. The van der Waals surface area contributed by atoms with Crippen LogP contribution in [0, 0.1) is 5.41 Å². The minimum Gasteiger partial charge on any atom is -0.507 e. The van der Waals surface area contributed by atoms with Crippen LogP contribution in [0.25, 0.3) is 11.1 Å². The van der Waals surface area contributed by atoms with Gasteiger partial charge in [-0.15, -0.1) is 0 Å². The van der Waals surface area contributed by atoms with Crippen molar-refractivity contribution in [2.45, 2.75) is 46.1 Å². The second kappa shape index (κ2) is 8.13. The standard InChI is InChI=1S/C24H28O7/c1-23(2,3)22(27)31-24(4)12-14-16(28-5)10-11-17(29-6)20(14)21-15(25)8-7-9-18(21)30-19(26)13-24/h7-11,25H,12-13H2,1-6H3/t24-/m1/s1. The predicted molar refractivity (Wildman–Crippen MR) is 115 cm³/mol. The van der Waals surface area contributed by atoms with E-state index >= 15 is 0 Å². The Balaban J connectivity index is 2.29. The molecule has 1 heterocycles. The molecule has 7 heteroatoms. The summed E-state index contributed by atoms with van der Waals surface area (Å²) in [5.74, 6) is 0.0589. The molecule has 0 saturated heterocycles. The molecule has 0 radical (unpaired) electrons. The van der Waals surface area contributed by atoms with Crippen molar-refractivity contribution in [2.24, 2.45) is 5.41 Å². The normalized spacial score (nSPS) is 18.5. The van der Waals surface area contributed by atoms with Crippen LogP contribution < -0.4 is 14.2 Å². The van der Waals surface area contributed by atoms with Gasteiger partial charge in [-0.2, -0.15) is 0 Å². The van der Waals surface area contributed by atoms with Gasteiger partial charge in [-0.25, -0.2) is 0 Å². The van der Waals surface area contributed by atoms with E-state index in [1.54, 1.807) is 52.0 Å². The van der Waals surface area contributed by atoms with Gasteiger partial charge < -0.3 is 24.1 Å². The number of rotatable bonds is 3. The van der Waals surface area contributed by atoms with Gasteiger partial charge in [0, 0.05) is 17.5 Å². The first-order chi connectivity index (χ1) is 14.5. The molecule has 1 aliphatic rings. The Kier molecular flexibility index (Phi) is 5.89. The lowest BCUT2D eigenvalue weighted by atomic mass is 9.86. The average Bonchev–Trinajstić information content (AvgIpc) is 2.71. The smallest absolute Gasteiger partial charge is 0.315 e. The second-order valence-corrected chi connectivity index (χ2v) is 8.89. The van der Waals surface area contributed by atoms with E-state index in [2.05, 4.69) is 0 Å². The summed E-state index contributed by atoms with van der Waals surface area (Å²) in [6.07, 6.45) is -0.0306. The number of carbonyl (C=O) groups excluding carboxylic acids is 2. The van der Waals surface area contributed by atoms with Crippen molar-refractivity contribution in [3.8, 4) is 34.1 Å². The van der Waals surface area contributed by atoms with Gasteiger partial charge in [-0.05, 0) is 52.0 Å². The zero-order chi connectivity index (χ0) is 23.0. The first-order valence-corrected chi connectivity index (χ1v) is 9.99. The summed E-state index contributed by atoms with van der Waals surface area (Å²) in [6.45, 7) is 6.93. The highest BCUT2D eigenvalue weighted by molar-refractivity contribution is 5.88. The molecule has 0 fully saturated rings. The van der Waals surface area contributed by atoms with Crippen LogP contribution in [0.4, 0.5) is 0 Å². The Bertz CT molecular complexity index is 1020. The number of hydrogen-bond donors (Lipinski definition) is 1. The molecule has 0 saturated carbocycles. The van der Waals surface area contributed by atoms with E-state index in [9.17, 15) is 14.7 Å². The van der Waals surface area contributed by atoms with E-state index in [1.165, 1.54) is 20.3 Å². The largest absolute Gasteiger partial charge is 0.507 e. The molecule has 3 rings (SSSR count). The number of methoxy groups -OCH3 is 2. The van der Waals surface area contributed by atoms with Crippen molar-refractivity contribution in [1.29, 1.82) is 0 Å². The summed E-state index contributed by atoms with van der Waals surface area (Å²) in [6, 6.07) is 8.14. The number of hydrogen-bond acceptors (Lipinski definition) is 7. The maximum atomic E-state index is 12.8. The van der Waals surface area contributed by atoms with Crippen LogP contribution in [0.3, 0.4) is 0 Å². The lowest BCUT2D eigenvalue weighted by molar-refractivity contribution is -0.170. The molecule has 1 N–H and O–H groups in total. The molecule has 0 aromatic heterocycles. The molecule has 0 aliphatic carbocycles. The quantitative estimate of drug-likeness (QED) is 0.576. The fraction of sp³-hybridized carbons (Fsp3) is 0.417. The van der Waals surface area contributed by atoms with Crippen LogP contribution in [0.15, 0.2) is 30.3 Å². The molecule has 2 aromatic rings. The van der Waals surface area contributed by atoms with Crippen molar-refractivity contribution in [2.75, 3.05) is 14.2 Å². The monoisotopic (exact) mass is 428 g/mol. The van der Waals surface area contributed by atoms with E-state index in [4.69, 9.17) is 18.9 Å². The van der Waals surface area contributed by atoms with E-state index < -0.39 is 23.0 Å². The van der Waals surface area contributed by atoms with Crippen LogP contribution in [-0.4, -0.2) is 36.9 Å². The summed E-state index contributed by atoms with van der Waals surface area (Å²) >= 11 is 0. The van der Waals surface area contributed by atoms with E-state index in [1.807, 2.05) is 0 Å². The van der Waals surface area contributed by atoms with Gasteiger partial charge >= 0.3 is 11.9 Å². The number of phenols is 1. The maximum Gasteiger partial charge on any atom is 0.315 e. The van der Waals surface area contributed by atoms with Gasteiger partial charge in [-0.1, -0.05) is 6.07 Å². The number of aromatic hydroxyl groups is 1. The van der Waals surface area contributed by atoms with Gasteiger partial charge in [0.2, 0.25) is 0 Å². The Hall–Kier alpha value is -3.22. The Morgan fingerprint density at radius 3 is 2.29 bits per heavy atom. The van der Waals surface area contributed by atoms with Crippen LogP contribution in [-0.2, 0) is 20.7 Å². The zero-order valence-electron chi connectivity index (χ0n) is 18.7. The van der Waals surface area contributed by atoms with E-state index in [0.717, 1.165) is 0 Å². The zero-order valence-corrected chi connectivity index (χ0v) is 18.7. The third-order valence-electron chi connectivity index (χ3n) is 5.17. The Morgan fingerprint density at radius 2 is 1.68 bits per heavy atom. The molecular weight excluding hydrogens is 400 g/mol. The lowest BCUT2D eigenvalue weighted by Crippen LogP contribution is -2.41. The molecule has 7 nitrogen and oxygen atoms in total. The number of fused-ring (bicyclic) bond motifs is 3. The molecule has 0 unspecified atom stereocenters. The van der Waals surface area contributed by atoms with Crippen LogP contribution in [0.5, 0.6) is 23.0 Å². The molecule has 166 valence electrons. The molecular formula is C24H28O7. The van der Waals surface area contributed by atoms with Crippen molar-refractivity contribution < 1.29 is 33.6 Å². The summed E-state index contributed by atoms with van der Waals surface area (Å²) in [5.41, 5.74) is -0.510. The molecule has 0 bridgehead atoms. The highest BCUT2D eigenvalue weighted by Gasteiger charge is 2.40. The Labute approximate surface area is 181 Å². The van der Waals surface area contributed by atoms with Crippen LogP contribution in [0.1, 0.15) is 39.7 Å². The number of benzene rings is 2. The van der Waals surface area contributed by atoms with Crippen molar-refractivity contribution >= 4 is 11.9 Å². The third kappa shape index (κ3) is 4.45. The minimum atomic E-state index is -1.21. The van der Waals surface area contributed by atoms with Crippen molar-refractivity contribution in [3.63, 3.8) is 0 Å². The SMILES string of the molecule is COc1ccc(OC)c2c1C[C@@](C)(OC(=O)C(C)(C)C)CC(=O)Oc1cccc(O)c1-2. The number of carbonyl (C=O) groups is 2. The van der Waals surface area contributed by atoms with E-state index in [-0.39, 0.29) is 24.3 Å². The van der Waals surface area contributed by atoms with Crippen molar-refractivity contribution in [3.05, 3.63) is 35.9 Å². The molecule has 1 atom stereocenters. The van der Waals surface area contributed by atoms with Crippen LogP contribution >= 0.6 is 0 Å². The first kappa shape index (κ1) is 22.5. The summed E-state index contributed by atoms with van der Waals surface area (Å²) in [7, 11) is 3.04. The summed E-state index contributed by atoms with van der Waals surface area (Å²) < 4.78 is 22.6. The summed E-state index contributed by atoms with van der Waals surface area (Å²) in [5, 5.41) is 10.7. The maximum absolute atomic E-state index is 12.8. The van der Waals surface area contributed by atoms with Gasteiger partial charge in [0.25, 0.3) is 0 Å². The van der Waals surface area contributed by atoms with E-state index in [0.29, 0.717) is 28.2 Å². The summed E-state index contributed by atoms with van der Waals surface area (Å²) in [4.78, 5) is 25.5. The third-order valence-corrected chi connectivity index (χ3v) is 5.17. The minimum absolute atomic E-state index is 0.0756. The molecule has 0 amide bonds. The lowest BCUT2D eigenvalue weighted by Gasteiger charge is -2.32. The van der Waals surface area contributed by atoms with Crippen LogP contribution in [0.2, 0.25) is 0 Å². The highest BCUT2D eigenvalue weighted by Crippen LogP contribution is 2.49. The first-order valence-electron chi connectivity index (χ1n) is 9.99. The highest BCUT2D eigenvalue weighted by atomic mass is 16.6. The molecule has 31 heavy (non-hydrogen) atoms. The number of esters is 2. The van der Waals surface area contributed by atoms with Gasteiger partial charge in [0.1, 0.15) is 28.6 Å². The molecule has 0 spiro atoms. The molecule has 2 aromatic carbocycles. The number of phenolic OH excluding ortho intramolecular Hbond substituents is 1. The fourth-order valence-corrected chi connectivity index (χ4v) is 3.62. The second-order valence-electron chi connectivity index (χ2n) is 8.89. The van der Waals surface area contributed by atoms with Gasteiger partial charge in [0.15, 0.2) is 0 Å². The molecule has 1 aliphatic heterocycles. The fourth-order valence-electron chi connectivity index (χ4n) is 3.62.